The number of carbonyl (C=O) groups is 1. The van der Waals surface area contributed by atoms with Crippen molar-refractivity contribution in [2.45, 2.75) is 26.2 Å². The second kappa shape index (κ2) is 15.4. The van der Waals surface area contributed by atoms with Crippen molar-refractivity contribution in [1.29, 1.82) is 0 Å². The molecule has 0 aromatic carbocycles. The van der Waals surface area contributed by atoms with Gasteiger partial charge in [-0.25, -0.2) is 0 Å². The van der Waals surface area contributed by atoms with E-state index in [9.17, 15) is 4.79 Å². The Morgan fingerprint density at radius 1 is 0.947 bits per heavy atom. The Morgan fingerprint density at radius 3 is 2.21 bits per heavy atom. The summed E-state index contributed by atoms with van der Waals surface area (Å²) in [7, 11) is 0. The van der Waals surface area contributed by atoms with E-state index in [0.717, 1.165) is 26.2 Å². The molecule has 0 spiro atoms. The molecule has 3 N–H and O–H groups in total. The fourth-order valence-corrected chi connectivity index (χ4v) is 1.43. The van der Waals surface area contributed by atoms with E-state index in [4.69, 9.17) is 14.6 Å². The average molecular weight is 276 g/mol. The lowest BCUT2D eigenvalue weighted by Crippen LogP contribution is -2.23. The molecule has 0 saturated heterocycles. The Kier molecular flexibility index (Phi) is 14.8. The topological polar surface area (TPSA) is 79.8 Å². The zero-order chi connectivity index (χ0) is 14.2. The first-order chi connectivity index (χ1) is 9.27. The molecular weight excluding hydrogens is 248 g/mol. The first-order valence-electron chi connectivity index (χ1n) is 7.06. The molecule has 0 radical (unpaired) electrons. The summed E-state index contributed by atoms with van der Waals surface area (Å²) in [6.07, 6.45) is 2.42. The number of unbranched alkanes of at least 4 members (excludes halogenated alkanes) is 1. The normalized spacial score (nSPS) is 10.8. The minimum Gasteiger partial charge on any atom is -0.481 e. The van der Waals surface area contributed by atoms with Gasteiger partial charge in [0.25, 0.3) is 0 Å². The Balaban J connectivity index is 2.93. The first kappa shape index (κ1) is 18.3. The number of carboxylic acid groups (broad SMARTS) is 1. The summed E-state index contributed by atoms with van der Waals surface area (Å²) < 4.78 is 10.4. The van der Waals surface area contributed by atoms with Gasteiger partial charge in [0.1, 0.15) is 0 Å². The molecule has 0 aliphatic rings. The van der Waals surface area contributed by atoms with Gasteiger partial charge in [-0.15, -0.1) is 0 Å². The van der Waals surface area contributed by atoms with Gasteiger partial charge in [-0.1, -0.05) is 6.92 Å². The molecule has 0 aromatic heterocycles. The molecule has 19 heavy (non-hydrogen) atoms. The van der Waals surface area contributed by atoms with Gasteiger partial charge in [-0.2, -0.15) is 0 Å². The summed E-state index contributed by atoms with van der Waals surface area (Å²) in [5, 5.41) is 15.0. The highest BCUT2D eigenvalue weighted by molar-refractivity contribution is 5.66. The smallest absolute Gasteiger partial charge is 0.305 e. The van der Waals surface area contributed by atoms with Crippen molar-refractivity contribution in [3.8, 4) is 0 Å². The van der Waals surface area contributed by atoms with Crippen molar-refractivity contribution in [2.24, 2.45) is 0 Å². The summed E-state index contributed by atoms with van der Waals surface area (Å²) in [6, 6.07) is 0. The van der Waals surface area contributed by atoms with Crippen LogP contribution >= 0.6 is 0 Å². The molecule has 0 rings (SSSR count). The lowest BCUT2D eigenvalue weighted by molar-refractivity contribution is -0.138. The SMILES string of the molecule is CCNCCCCNCCOCCOCCC(=O)O. The molecule has 0 aromatic rings. The van der Waals surface area contributed by atoms with E-state index in [1.807, 2.05) is 0 Å². The Hall–Kier alpha value is -0.690. The maximum atomic E-state index is 10.2. The minimum atomic E-state index is -0.834. The van der Waals surface area contributed by atoms with Crippen LogP contribution in [0, 0.1) is 0 Å². The van der Waals surface area contributed by atoms with Gasteiger partial charge in [0.05, 0.1) is 32.8 Å². The fourth-order valence-electron chi connectivity index (χ4n) is 1.43. The van der Waals surface area contributed by atoms with Crippen LogP contribution in [0.25, 0.3) is 0 Å². The molecule has 0 aliphatic carbocycles. The summed E-state index contributed by atoms with van der Waals surface area (Å²) in [6.45, 7) is 7.98. The highest BCUT2D eigenvalue weighted by Crippen LogP contribution is 1.85. The van der Waals surface area contributed by atoms with Crippen LogP contribution in [0.4, 0.5) is 0 Å². The van der Waals surface area contributed by atoms with Gasteiger partial charge >= 0.3 is 5.97 Å². The third-order valence-electron chi connectivity index (χ3n) is 2.46. The minimum absolute atomic E-state index is 0.0500. The van der Waals surface area contributed by atoms with Gasteiger partial charge in [-0.3, -0.25) is 4.79 Å². The maximum Gasteiger partial charge on any atom is 0.305 e. The van der Waals surface area contributed by atoms with E-state index in [-0.39, 0.29) is 13.0 Å². The zero-order valence-corrected chi connectivity index (χ0v) is 12.0. The number of nitrogens with one attached hydrogen (secondary N) is 2. The van der Waals surface area contributed by atoms with Gasteiger partial charge in [-0.05, 0) is 32.5 Å². The molecule has 0 fully saturated rings. The Labute approximate surface area is 115 Å². The van der Waals surface area contributed by atoms with Crippen molar-refractivity contribution in [3.05, 3.63) is 0 Å². The number of ether oxygens (including phenoxy) is 2. The van der Waals surface area contributed by atoms with Crippen LogP contribution in [0.5, 0.6) is 0 Å². The summed E-state index contributed by atoms with van der Waals surface area (Å²) in [5.74, 6) is -0.834. The maximum absolute atomic E-state index is 10.2. The van der Waals surface area contributed by atoms with E-state index < -0.39 is 5.97 Å². The van der Waals surface area contributed by atoms with Gasteiger partial charge in [0.15, 0.2) is 0 Å². The molecule has 6 heteroatoms. The van der Waals surface area contributed by atoms with Gasteiger partial charge < -0.3 is 25.2 Å². The largest absolute Gasteiger partial charge is 0.481 e. The van der Waals surface area contributed by atoms with Crippen LogP contribution in [-0.4, -0.2) is 63.7 Å². The quantitative estimate of drug-likeness (QED) is 0.377. The van der Waals surface area contributed by atoms with Crippen LogP contribution in [0.15, 0.2) is 0 Å². The number of carboxylic acids is 1. The Bertz CT molecular complexity index is 203. The molecule has 0 amide bonds. The van der Waals surface area contributed by atoms with E-state index in [0.29, 0.717) is 19.8 Å². The molecule has 0 heterocycles. The van der Waals surface area contributed by atoms with Crippen molar-refractivity contribution < 1.29 is 19.4 Å². The molecule has 0 bridgehead atoms. The van der Waals surface area contributed by atoms with Gasteiger partial charge in [0, 0.05) is 6.54 Å². The van der Waals surface area contributed by atoms with Crippen molar-refractivity contribution in [2.75, 3.05) is 52.6 Å². The van der Waals surface area contributed by atoms with Crippen LogP contribution in [-0.2, 0) is 14.3 Å². The second-order valence-corrected chi connectivity index (χ2v) is 4.18. The van der Waals surface area contributed by atoms with Crippen molar-refractivity contribution in [3.63, 3.8) is 0 Å². The van der Waals surface area contributed by atoms with E-state index in [1.165, 1.54) is 12.8 Å². The first-order valence-corrected chi connectivity index (χ1v) is 7.06. The fraction of sp³-hybridized carbons (Fsp3) is 0.923. The average Bonchev–Trinajstić information content (AvgIpc) is 2.39. The molecule has 0 atom stereocenters. The highest BCUT2D eigenvalue weighted by atomic mass is 16.5. The molecule has 6 nitrogen and oxygen atoms in total. The highest BCUT2D eigenvalue weighted by Gasteiger charge is 1.96. The Morgan fingerprint density at radius 2 is 1.58 bits per heavy atom. The lowest BCUT2D eigenvalue weighted by atomic mass is 10.3. The third-order valence-corrected chi connectivity index (χ3v) is 2.46. The summed E-state index contributed by atoms with van der Waals surface area (Å²) in [5.41, 5.74) is 0. The molecular formula is C13H28N2O4. The van der Waals surface area contributed by atoms with Gasteiger partial charge in [0.2, 0.25) is 0 Å². The standard InChI is InChI=1S/C13H28N2O4/c1-2-14-6-3-4-7-15-8-10-19-12-11-18-9-5-13(16)17/h14-15H,2-12H2,1H3,(H,16,17). The number of aliphatic carboxylic acids is 1. The van der Waals surface area contributed by atoms with E-state index >= 15 is 0 Å². The number of hydrogen-bond acceptors (Lipinski definition) is 5. The van der Waals surface area contributed by atoms with Crippen molar-refractivity contribution >= 4 is 5.97 Å². The predicted molar refractivity (Wildman–Crippen MR) is 74.5 cm³/mol. The monoisotopic (exact) mass is 276 g/mol. The third kappa shape index (κ3) is 17.3. The number of hydrogen-bond donors (Lipinski definition) is 3. The van der Waals surface area contributed by atoms with Crippen LogP contribution in [0.1, 0.15) is 26.2 Å². The molecule has 0 saturated carbocycles. The summed E-state index contributed by atoms with van der Waals surface area (Å²) >= 11 is 0. The van der Waals surface area contributed by atoms with E-state index in [2.05, 4.69) is 17.6 Å². The van der Waals surface area contributed by atoms with Crippen LogP contribution in [0.3, 0.4) is 0 Å². The van der Waals surface area contributed by atoms with E-state index in [1.54, 1.807) is 0 Å². The van der Waals surface area contributed by atoms with Crippen LogP contribution in [0.2, 0.25) is 0 Å². The molecule has 0 unspecified atom stereocenters. The van der Waals surface area contributed by atoms with Crippen molar-refractivity contribution in [1.82, 2.24) is 10.6 Å². The predicted octanol–water partition coefficient (Wildman–Crippen LogP) is 0.474. The summed E-state index contributed by atoms with van der Waals surface area (Å²) in [4.78, 5) is 10.2. The second-order valence-electron chi connectivity index (χ2n) is 4.18. The number of rotatable bonds is 15. The van der Waals surface area contributed by atoms with Crippen LogP contribution < -0.4 is 10.6 Å². The zero-order valence-electron chi connectivity index (χ0n) is 12.0. The lowest BCUT2D eigenvalue weighted by Gasteiger charge is -2.07. The molecule has 114 valence electrons. The molecule has 0 aliphatic heterocycles.